The van der Waals surface area contributed by atoms with Gasteiger partial charge in [-0.05, 0) is 55.3 Å². The zero-order valence-electron chi connectivity index (χ0n) is 18.0. The number of benzene rings is 2. The van der Waals surface area contributed by atoms with Gasteiger partial charge in [0.1, 0.15) is 6.54 Å². The first-order chi connectivity index (χ1) is 15.5. The van der Waals surface area contributed by atoms with Crippen molar-refractivity contribution in [2.24, 2.45) is 0 Å². The summed E-state index contributed by atoms with van der Waals surface area (Å²) in [5, 5.41) is 3.05. The summed E-state index contributed by atoms with van der Waals surface area (Å²) in [5.41, 5.74) is 0.497. The standard InChI is InChI=1S/C21H25Cl2N3O5S2/c1-32(28,29)26(19-13-16(22)12-17(23)14-19)15-21(27)24-18-6-8-20(9-7-18)33(30,31)25-10-4-2-3-5-11-25/h6-9,12-14H,2-5,10-11,15H2,1H3,(H,24,27). The lowest BCUT2D eigenvalue weighted by Crippen LogP contribution is -2.37. The molecule has 0 saturated carbocycles. The molecule has 1 heterocycles. The van der Waals surface area contributed by atoms with Crippen LogP contribution in [-0.4, -0.2) is 52.9 Å². The largest absolute Gasteiger partial charge is 0.325 e. The van der Waals surface area contributed by atoms with Gasteiger partial charge in [-0.2, -0.15) is 4.31 Å². The summed E-state index contributed by atoms with van der Waals surface area (Å²) in [6.45, 7) is 0.481. The van der Waals surface area contributed by atoms with E-state index in [2.05, 4.69) is 5.32 Å². The molecule has 180 valence electrons. The molecule has 33 heavy (non-hydrogen) atoms. The minimum atomic E-state index is -3.81. The fourth-order valence-electron chi connectivity index (χ4n) is 3.56. The van der Waals surface area contributed by atoms with Crippen molar-refractivity contribution < 1.29 is 21.6 Å². The van der Waals surface area contributed by atoms with Gasteiger partial charge in [-0.3, -0.25) is 9.10 Å². The van der Waals surface area contributed by atoms with E-state index in [4.69, 9.17) is 23.2 Å². The van der Waals surface area contributed by atoms with E-state index in [1.807, 2.05) is 0 Å². The summed E-state index contributed by atoms with van der Waals surface area (Å²) in [7, 11) is -7.42. The van der Waals surface area contributed by atoms with Crippen LogP contribution in [0.2, 0.25) is 10.0 Å². The fraction of sp³-hybridized carbons (Fsp3) is 0.381. The van der Waals surface area contributed by atoms with Gasteiger partial charge in [0.15, 0.2) is 0 Å². The Bertz CT molecular complexity index is 1190. The number of halogens is 2. The van der Waals surface area contributed by atoms with E-state index in [0.29, 0.717) is 18.8 Å². The van der Waals surface area contributed by atoms with Crippen LogP contribution in [-0.2, 0) is 24.8 Å². The van der Waals surface area contributed by atoms with Crippen molar-refractivity contribution in [3.63, 3.8) is 0 Å². The van der Waals surface area contributed by atoms with Gasteiger partial charge in [0.25, 0.3) is 0 Å². The molecule has 1 aliphatic heterocycles. The highest BCUT2D eigenvalue weighted by atomic mass is 35.5. The third-order valence-electron chi connectivity index (χ3n) is 5.16. The number of amides is 1. The van der Waals surface area contributed by atoms with Crippen LogP contribution in [0.15, 0.2) is 47.4 Å². The number of rotatable bonds is 7. The molecule has 1 aliphatic rings. The second kappa shape index (κ2) is 10.6. The van der Waals surface area contributed by atoms with Gasteiger partial charge in [0.05, 0.1) is 16.8 Å². The first-order valence-electron chi connectivity index (χ1n) is 10.3. The molecule has 1 N–H and O–H groups in total. The zero-order chi connectivity index (χ0) is 24.2. The number of nitrogens with zero attached hydrogens (tertiary/aromatic N) is 2. The molecule has 0 aromatic heterocycles. The van der Waals surface area contributed by atoms with Crippen molar-refractivity contribution in [1.82, 2.24) is 4.31 Å². The van der Waals surface area contributed by atoms with Gasteiger partial charge in [-0.1, -0.05) is 36.0 Å². The Morgan fingerprint density at radius 2 is 1.48 bits per heavy atom. The van der Waals surface area contributed by atoms with Gasteiger partial charge in [0.2, 0.25) is 26.0 Å². The summed E-state index contributed by atoms with van der Waals surface area (Å²) in [6, 6.07) is 10.1. The molecule has 1 fully saturated rings. The highest BCUT2D eigenvalue weighted by Gasteiger charge is 2.25. The Labute approximate surface area is 204 Å². The molecule has 3 rings (SSSR count). The maximum Gasteiger partial charge on any atom is 0.245 e. The van der Waals surface area contributed by atoms with E-state index >= 15 is 0 Å². The highest BCUT2D eigenvalue weighted by Crippen LogP contribution is 2.27. The predicted octanol–water partition coefficient (Wildman–Crippen LogP) is 3.96. The fourth-order valence-corrected chi connectivity index (χ4v) is 6.43. The molecular weight excluding hydrogens is 509 g/mol. The van der Waals surface area contributed by atoms with Gasteiger partial charge >= 0.3 is 0 Å². The average molecular weight is 534 g/mol. The second-order valence-electron chi connectivity index (χ2n) is 7.79. The number of hydrogen-bond acceptors (Lipinski definition) is 5. The van der Waals surface area contributed by atoms with Crippen LogP contribution in [0.1, 0.15) is 25.7 Å². The molecule has 0 spiro atoms. The van der Waals surface area contributed by atoms with Gasteiger partial charge in [0, 0.05) is 28.8 Å². The summed E-state index contributed by atoms with van der Waals surface area (Å²) < 4.78 is 52.7. The number of anilines is 2. The Balaban J connectivity index is 1.73. The van der Waals surface area contributed by atoms with Crippen molar-refractivity contribution in [3.05, 3.63) is 52.5 Å². The molecule has 1 saturated heterocycles. The molecule has 0 unspecified atom stereocenters. The van der Waals surface area contributed by atoms with E-state index in [0.717, 1.165) is 36.2 Å². The Hall–Kier alpha value is -1.85. The number of nitrogens with one attached hydrogen (secondary N) is 1. The smallest absolute Gasteiger partial charge is 0.245 e. The van der Waals surface area contributed by atoms with E-state index in [9.17, 15) is 21.6 Å². The number of carbonyl (C=O) groups excluding carboxylic acids is 1. The monoisotopic (exact) mass is 533 g/mol. The van der Waals surface area contributed by atoms with Crippen LogP contribution in [0.5, 0.6) is 0 Å². The number of sulfonamides is 2. The molecule has 0 aliphatic carbocycles. The molecule has 12 heteroatoms. The van der Waals surface area contributed by atoms with Gasteiger partial charge in [-0.25, -0.2) is 16.8 Å². The molecule has 0 radical (unpaired) electrons. The third kappa shape index (κ3) is 6.83. The maximum atomic E-state index is 12.9. The molecule has 1 amide bonds. The summed E-state index contributed by atoms with van der Waals surface area (Å²) in [4.78, 5) is 12.7. The van der Waals surface area contributed by atoms with Crippen molar-refractivity contribution >= 4 is 60.5 Å². The zero-order valence-corrected chi connectivity index (χ0v) is 21.1. The van der Waals surface area contributed by atoms with Gasteiger partial charge in [-0.15, -0.1) is 0 Å². The summed E-state index contributed by atoms with van der Waals surface area (Å²) in [5.74, 6) is -0.611. The van der Waals surface area contributed by atoms with E-state index in [-0.39, 0.29) is 20.6 Å². The van der Waals surface area contributed by atoms with Crippen LogP contribution >= 0.6 is 23.2 Å². The Kier molecular flexibility index (Phi) is 8.28. The quantitative estimate of drug-likeness (QED) is 0.579. The minimum Gasteiger partial charge on any atom is -0.325 e. The van der Waals surface area contributed by atoms with E-state index in [1.54, 1.807) is 0 Å². The molecule has 0 bridgehead atoms. The van der Waals surface area contributed by atoms with Crippen molar-refractivity contribution in [1.29, 1.82) is 0 Å². The van der Waals surface area contributed by atoms with Crippen LogP contribution in [0, 0.1) is 0 Å². The first-order valence-corrected chi connectivity index (χ1v) is 14.3. The summed E-state index contributed by atoms with van der Waals surface area (Å²) >= 11 is 11.9. The second-order valence-corrected chi connectivity index (χ2v) is 12.5. The van der Waals surface area contributed by atoms with Crippen LogP contribution in [0.25, 0.3) is 0 Å². The number of carbonyl (C=O) groups is 1. The third-order valence-corrected chi connectivity index (χ3v) is 8.65. The van der Waals surface area contributed by atoms with E-state index < -0.39 is 32.5 Å². The lowest BCUT2D eigenvalue weighted by molar-refractivity contribution is -0.114. The first kappa shape index (κ1) is 25.8. The van der Waals surface area contributed by atoms with E-state index in [1.165, 1.54) is 46.8 Å². The highest BCUT2D eigenvalue weighted by molar-refractivity contribution is 7.92. The predicted molar refractivity (Wildman–Crippen MR) is 131 cm³/mol. The molecule has 2 aromatic rings. The number of hydrogen-bond donors (Lipinski definition) is 1. The van der Waals surface area contributed by atoms with Crippen LogP contribution < -0.4 is 9.62 Å². The molecule has 8 nitrogen and oxygen atoms in total. The summed E-state index contributed by atoms with van der Waals surface area (Å²) in [6.07, 6.45) is 4.67. The molecule has 2 aromatic carbocycles. The average Bonchev–Trinajstić information content (AvgIpc) is 3.01. The normalized spacial score (nSPS) is 15.6. The SMILES string of the molecule is CS(=O)(=O)N(CC(=O)Nc1ccc(S(=O)(=O)N2CCCCCC2)cc1)c1cc(Cl)cc(Cl)c1. The lowest BCUT2D eigenvalue weighted by Gasteiger charge is -2.22. The molecule has 0 atom stereocenters. The Morgan fingerprint density at radius 3 is 2.00 bits per heavy atom. The van der Waals surface area contributed by atoms with Gasteiger partial charge < -0.3 is 5.32 Å². The Morgan fingerprint density at radius 1 is 0.939 bits per heavy atom. The molecular formula is C21H25Cl2N3O5S2. The van der Waals surface area contributed by atoms with Crippen LogP contribution in [0.4, 0.5) is 11.4 Å². The maximum absolute atomic E-state index is 12.9. The topological polar surface area (TPSA) is 104 Å². The lowest BCUT2D eigenvalue weighted by atomic mass is 10.2. The minimum absolute atomic E-state index is 0.147. The van der Waals surface area contributed by atoms with Crippen molar-refractivity contribution in [3.8, 4) is 0 Å². The van der Waals surface area contributed by atoms with Crippen molar-refractivity contribution in [2.45, 2.75) is 30.6 Å². The van der Waals surface area contributed by atoms with Crippen LogP contribution in [0.3, 0.4) is 0 Å². The van der Waals surface area contributed by atoms with Crippen molar-refractivity contribution in [2.75, 3.05) is 35.5 Å².